The summed E-state index contributed by atoms with van der Waals surface area (Å²) in [5, 5.41) is 14.0. The standard InChI is InChI=1S/C13H18N2O2/c1-10-9-12(15(16)17)5-6-13(10)14-8-7-11-3-2-4-11/h5-6,9,11,14H,2-4,7-8H2,1H3. The molecule has 92 valence electrons. The summed E-state index contributed by atoms with van der Waals surface area (Å²) in [6.45, 7) is 2.86. The minimum Gasteiger partial charge on any atom is -0.385 e. The van der Waals surface area contributed by atoms with Gasteiger partial charge in [0.25, 0.3) is 5.69 Å². The Balaban J connectivity index is 1.89. The molecule has 2 rings (SSSR count). The largest absolute Gasteiger partial charge is 0.385 e. The van der Waals surface area contributed by atoms with E-state index in [1.54, 1.807) is 18.2 Å². The van der Waals surface area contributed by atoms with E-state index in [1.165, 1.54) is 25.7 Å². The van der Waals surface area contributed by atoms with Crippen LogP contribution in [0.1, 0.15) is 31.2 Å². The molecular formula is C13H18N2O2. The first-order valence-corrected chi connectivity index (χ1v) is 6.16. The predicted octanol–water partition coefficient (Wildman–Crippen LogP) is 3.51. The molecule has 0 spiro atoms. The molecule has 0 heterocycles. The van der Waals surface area contributed by atoms with Crippen LogP contribution in [0.15, 0.2) is 18.2 Å². The third kappa shape index (κ3) is 2.96. The maximum absolute atomic E-state index is 10.6. The normalized spacial score (nSPS) is 15.4. The summed E-state index contributed by atoms with van der Waals surface area (Å²) in [6, 6.07) is 4.97. The van der Waals surface area contributed by atoms with Crippen LogP contribution < -0.4 is 5.32 Å². The van der Waals surface area contributed by atoms with Crippen molar-refractivity contribution in [2.24, 2.45) is 5.92 Å². The number of nitrogens with one attached hydrogen (secondary N) is 1. The lowest BCUT2D eigenvalue weighted by Gasteiger charge is -2.25. The lowest BCUT2D eigenvalue weighted by Crippen LogP contribution is -2.15. The third-order valence-electron chi connectivity index (χ3n) is 3.51. The van der Waals surface area contributed by atoms with Gasteiger partial charge in [-0.25, -0.2) is 0 Å². The molecule has 0 radical (unpaired) electrons. The molecule has 1 aliphatic rings. The van der Waals surface area contributed by atoms with Gasteiger partial charge in [0.2, 0.25) is 0 Å². The van der Waals surface area contributed by atoms with Gasteiger partial charge in [-0.05, 0) is 30.9 Å². The molecule has 0 bridgehead atoms. The summed E-state index contributed by atoms with van der Waals surface area (Å²) in [7, 11) is 0. The van der Waals surface area contributed by atoms with Crippen molar-refractivity contribution in [1.29, 1.82) is 0 Å². The minimum absolute atomic E-state index is 0.159. The summed E-state index contributed by atoms with van der Waals surface area (Å²) in [4.78, 5) is 10.2. The first-order valence-electron chi connectivity index (χ1n) is 6.16. The van der Waals surface area contributed by atoms with Gasteiger partial charge in [0.15, 0.2) is 0 Å². The maximum Gasteiger partial charge on any atom is 0.269 e. The summed E-state index contributed by atoms with van der Waals surface area (Å²) >= 11 is 0. The third-order valence-corrected chi connectivity index (χ3v) is 3.51. The zero-order valence-corrected chi connectivity index (χ0v) is 10.1. The number of benzene rings is 1. The number of anilines is 1. The number of rotatable bonds is 5. The molecule has 0 saturated heterocycles. The number of aryl methyl sites for hydroxylation is 1. The van der Waals surface area contributed by atoms with Gasteiger partial charge in [-0.3, -0.25) is 10.1 Å². The molecule has 17 heavy (non-hydrogen) atoms. The minimum atomic E-state index is -0.356. The van der Waals surface area contributed by atoms with E-state index in [-0.39, 0.29) is 10.6 Å². The number of hydrogen-bond acceptors (Lipinski definition) is 3. The average molecular weight is 234 g/mol. The highest BCUT2D eigenvalue weighted by molar-refractivity contribution is 5.55. The van der Waals surface area contributed by atoms with E-state index in [2.05, 4.69) is 5.32 Å². The van der Waals surface area contributed by atoms with Crippen molar-refractivity contribution in [1.82, 2.24) is 0 Å². The van der Waals surface area contributed by atoms with Crippen molar-refractivity contribution in [3.8, 4) is 0 Å². The molecule has 4 nitrogen and oxygen atoms in total. The monoisotopic (exact) mass is 234 g/mol. The fourth-order valence-corrected chi connectivity index (χ4v) is 2.15. The Kier molecular flexibility index (Phi) is 3.61. The van der Waals surface area contributed by atoms with Crippen LogP contribution in [0.5, 0.6) is 0 Å². The van der Waals surface area contributed by atoms with Gasteiger partial charge < -0.3 is 5.32 Å². The van der Waals surface area contributed by atoms with Gasteiger partial charge in [-0.2, -0.15) is 0 Å². The molecule has 1 saturated carbocycles. The molecule has 1 aromatic rings. The lowest BCUT2D eigenvalue weighted by molar-refractivity contribution is -0.384. The zero-order chi connectivity index (χ0) is 12.3. The Hall–Kier alpha value is -1.58. The van der Waals surface area contributed by atoms with E-state index in [0.29, 0.717) is 0 Å². The van der Waals surface area contributed by atoms with Gasteiger partial charge in [-0.15, -0.1) is 0 Å². The number of non-ortho nitro benzene ring substituents is 1. The smallest absolute Gasteiger partial charge is 0.269 e. The van der Waals surface area contributed by atoms with Crippen LogP contribution in [-0.4, -0.2) is 11.5 Å². The Morgan fingerprint density at radius 3 is 2.76 bits per heavy atom. The van der Waals surface area contributed by atoms with Crippen molar-refractivity contribution in [3.05, 3.63) is 33.9 Å². The van der Waals surface area contributed by atoms with E-state index >= 15 is 0 Å². The van der Waals surface area contributed by atoms with Crippen LogP contribution in [0.4, 0.5) is 11.4 Å². The van der Waals surface area contributed by atoms with Crippen LogP contribution in [0.25, 0.3) is 0 Å². The number of nitro groups is 1. The summed E-state index contributed by atoms with van der Waals surface area (Å²) < 4.78 is 0. The van der Waals surface area contributed by atoms with E-state index in [0.717, 1.165) is 23.7 Å². The van der Waals surface area contributed by atoms with E-state index in [1.807, 2.05) is 6.92 Å². The fourth-order valence-electron chi connectivity index (χ4n) is 2.15. The number of nitrogens with zero attached hydrogens (tertiary/aromatic N) is 1. The molecule has 0 atom stereocenters. The molecule has 0 aliphatic heterocycles. The van der Waals surface area contributed by atoms with Crippen molar-refractivity contribution >= 4 is 11.4 Å². The Labute approximate surface area is 101 Å². The molecule has 1 aliphatic carbocycles. The second-order valence-electron chi connectivity index (χ2n) is 4.77. The van der Waals surface area contributed by atoms with Gasteiger partial charge >= 0.3 is 0 Å². The van der Waals surface area contributed by atoms with Gasteiger partial charge in [0.05, 0.1) is 4.92 Å². The second kappa shape index (κ2) is 5.17. The second-order valence-corrected chi connectivity index (χ2v) is 4.77. The van der Waals surface area contributed by atoms with Crippen molar-refractivity contribution in [2.75, 3.05) is 11.9 Å². The van der Waals surface area contributed by atoms with Gasteiger partial charge in [0.1, 0.15) is 0 Å². The maximum atomic E-state index is 10.6. The SMILES string of the molecule is Cc1cc([N+](=O)[O-])ccc1NCCC1CCC1. The molecule has 1 N–H and O–H groups in total. The first kappa shape index (κ1) is 11.9. The molecule has 0 amide bonds. The highest BCUT2D eigenvalue weighted by atomic mass is 16.6. The van der Waals surface area contributed by atoms with Crippen molar-refractivity contribution < 1.29 is 4.92 Å². The number of hydrogen-bond donors (Lipinski definition) is 1. The number of nitro benzene ring substituents is 1. The average Bonchev–Trinajstić information content (AvgIpc) is 2.23. The quantitative estimate of drug-likeness (QED) is 0.626. The van der Waals surface area contributed by atoms with Gasteiger partial charge in [0, 0.05) is 24.4 Å². The Bertz CT molecular complexity index is 414. The summed E-state index contributed by atoms with van der Waals surface area (Å²) in [6.07, 6.45) is 5.31. The Morgan fingerprint density at radius 2 is 2.24 bits per heavy atom. The van der Waals surface area contributed by atoms with E-state index in [4.69, 9.17) is 0 Å². The van der Waals surface area contributed by atoms with Crippen molar-refractivity contribution in [3.63, 3.8) is 0 Å². The molecule has 1 fully saturated rings. The highest BCUT2D eigenvalue weighted by Gasteiger charge is 2.16. The zero-order valence-electron chi connectivity index (χ0n) is 10.1. The molecule has 1 aromatic carbocycles. The van der Waals surface area contributed by atoms with Crippen LogP contribution in [0.2, 0.25) is 0 Å². The Morgan fingerprint density at radius 1 is 1.47 bits per heavy atom. The molecular weight excluding hydrogens is 216 g/mol. The van der Waals surface area contributed by atoms with Crippen molar-refractivity contribution in [2.45, 2.75) is 32.6 Å². The molecule has 0 unspecified atom stereocenters. The molecule has 4 heteroatoms. The molecule has 0 aromatic heterocycles. The van der Waals surface area contributed by atoms with E-state index in [9.17, 15) is 10.1 Å². The fraction of sp³-hybridized carbons (Fsp3) is 0.538. The van der Waals surface area contributed by atoms with Crippen LogP contribution in [0.3, 0.4) is 0 Å². The summed E-state index contributed by atoms with van der Waals surface area (Å²) in [5.41, 5.74) is 2.11. The van der Waals surface area contributed by atoms with E-state index < -0.39 is 0 Å². The van der Waals surface area contributed by atoms with Gasteiger partial charge in [-0.1, -0.05) is 19.3 Å². The van der Waals surface area contributed by atoms with Crippen LogP contribution in [0, 0.1) is 23.0 Å². The van der Waals surface area contributed by atoms with Crippen LogP contribution in [-0.2, 0) is 0 Å². The summed E-state index contributed by atoms with van der Waals surface area (Å²) in [5.74, 6) is 0.890. The lowest BCUT2D eigenvalue weighted by atomic mass is 9.83. The van der Waals surface area contributed by atoms with Crippen LogP contribution >= 0.6 is 0 Å². The first-order chi connectivity index (χ1) is 8.16. The predicted molar refractivity (Wildman–Crippen MR) is 68.3 cm³/mol. The highest BCUT2D eigenvalue weighted by Crippen LogP contribution is 2.29. The topological polar surface area (TPSA) is 55.2 Å².